The highest BCUT2D eigenvalue weighted by Crippen LogP contribution is 2.47. The van der Waals surface area contributed by atoms with Gasteiger partial charge in [0.1, 0.15) is 30.2 Å². The minimum absolute atomic E-state index is 0.0385. The molecule has 13 nitrogen and oxygen atoms in total. The summed E-state index contributed by atoms with van der Waals surface area (Å²) in [7, 11) is 1.67. The summed E-state index contributed by atoms with van der Waals surface area (Å²) in [5.74, 6) is 1.85. The molecular formula is C52H75F3N8O5. The summed E-state index contributed by atoms with van der Waals surface area (Å²) >= 11 is 0. The predicted molar refractivity (Wildman–Crippen MR) is 255 cm³/mol. The van der Waals surface area contributed by atoms with Crippen LogP contribution in [0, 0.1) is 34.5 Å². The number of pyridine rings is 2. The third-order valence-electron chi connectivity index (χ3n) is 14.1. The number of ether oxygens (including phenoxy) is 3. The molecule has 2 saturated carbocycles. The first-order chi connectivity index (χ1) is 32.2. The molecule has 0 spiro atoms. The van der Waals surface area contributed by atoms with E-state index in [0.29, 0.717) is 100 Å². The second-order valence-corrected chi connectivity index (χ2v) is 21.1. The number of piperazine rings is 2. The van der Waals surface area contributed by atoms with Gasteiger partial charge in [-0.05, 0) is 82.8 Å². The van der Waals surface area contributed by atoms with Crippen LogP contribution in [-0.2, 0) is 49.9 Å². The van der Waals surface area contributed by atoms with Crippen molar-refractivity contribution >= 4 is 23.5 Å². The molecule has 0 N–H and O–H groups in total. The van der Waals surface area contributed by atoms with Crippen LogP contribution in [0.5, 0.6) is 0 Å². The quantitative estimate of drug-likeness (QED) is 0.199. The van der Waals surface area contributed by atoms with Crippen LogP contribution in [-0.4, -0.2) is 114 Å². The summed E-state index contributed by atoms with van der Waals surface area (Å²) < 4.78 is 55.8. The highest BCUT2D eigenvalue weighted by Gasteiger charge is 2.43. The van der Waals surface area contributed by atoms with Crippen LogP contribution >= 0.6 is 0 Å². The highest BCUT2D eigenvalue weighted by atomic mass is 19.4. The smallest absolute Gasteiger partial charge is 0.385 e. The van der Waals surface area contributed by atoms with Crippen LogP contribution in [0.2, 0.25) is 0 Å². The molecule has 374 valence electrons. The Labute approximate surface area is 402 Å². The molecule has 2 amide bonds. The number of aromatic nitrogens is 2. The van der Waals surface area contributed by atoms with Gasteiger partial charge in [-0.2, -0.15) is 23.7 Å². The minimum atomic E-state index is -4.53. The van der Waals surface area contributed by atoms with E-state index in [0.717, 1.165) is 78.0 Å². The van der Waals surface area contributed by atoms with Gasteiger partial charge in [0, 0.05) is 95.2 Å². The molecule has 2 aromatic heterocycles. The number of carbonyl (C=O) groups is 2. The van der Waals surface area contributed by atoms with Crippen LogP contribution in [0.4, 0.5) is 24.8 Å². The Kier molecular flexibility index (Phi) is 16.8. The van der Waals surface area contributed by atoms with Gasteiger partial charge in [0.15, 0.2) is 0 Å². The van der Waals surface area contributed by atoms with Gasteiger partial charge in [0.05, 0.1) is 59.0 Å². The van der Waals surface area contributed by atoms with E-state index in [4.69, 9.17) is 24.2 Å². The molecule has 2 aliphatic carbocycles. The average molecular weight is 949 g/mol. The molecule has 4 fully saturated rings. The zero-order valence-corrected chi connectivity index (χ0v) is 42.4. The van der Waals surface area contributed by atoms with Crippen molar-refractivity contribution in [1.29, 1.82) is 10.5 Å². The van der Waals surface area contributed by atoms with Gasteiger partial charge < -0.3 is 33.8 Å². The average Bonchev–Trinajstić information content (AvgIpc) is 4.23. The lowest BCUT2D eigenvalue weighted by atomic mass is 9.87. The lowest BCUT2D eigenvalue weighted by Crippen LogP contribution is -2.58. The van der Waals surface area contributed by atoms with Crippen LogP contribution < -0.4 is 9.80 Å². The highest BCUT2D eigenvalue weighted by molar-refractivity contribution is 5.78. The van der Waals surface area contributed by atoms with Crippen LogP contribution in [0.15, 0.2) is 0 Å². The SMILES string of the molecule is CC.CC(C)[C@@H]1CN(c2nc(C3CC3)c3c(c2C#N)CC(C)(C)OC3)CCN1C(=O)CC(F)(F)F.COCCCC(=O)N1CCN(c2nc(C3CC3)c3c(c2C#N)CC(C)(C)OC3)C[C@H]1C(C)C. The van der Waals surface area contributed by atoms with E-state index in [9.17, 15) is 33.3 Å². The van der Waals surface area contributed by atoms with E-state index in [2.05, 4.69) is 44.7 Å². The summed E-state index contributed by atoms with van der Waals surface area (Å²) in [5, 5.41) is 20.3. The molecule has 0 radical (unpaired) electrons. The van der Waals surface area contributed by atoms with E-state index in [1.54, 1.807) is 7.11 Å². The summed E-state index contributed by atoms with van der Waals surface area (Å²) in [6.45, 7) is 24.9. The number of halogens is 3. The molecule has 0 unspecified atom stereocenters. The van der Waals surface area contributed by atoms with Crippen molar-refractivity contribution in [3.05, 3.63) is 44.8 Å². The number of hydrogen-bond acceptors (Lipinski definition) is 11. The lowest BCUT2D eigenvalue weighted by molar-refractivity contribution is -0.164. The molecule has 6 heterocycles. The molecule has 4 aliphatic heterocycles. The van der Waals surface area contributed by atoms with Crippen molar-refractivity contribution in [2.45, 2.75) is 182 Å². The fourth-order valence-electron chi connectivity index (χ4n) is 10.2. The normalized spacial score (nSPS) is 22.0. The fraction of sp³-hybridized carbons (Fsp3) is 0.731. The number of nitriles is 2. The molecule has 2 atom stereocenters. The van der Waals surface area contributed by atoms with E-state index in [-0.39, 0.29) is 41.7 Å². The van der Waals surface area contributed by atoms with Crippen LogP contribution in [0.3, 0.4) is 0 Å². The molecular weight excluding hydrogens is 874 g/mol. The van der Waals surface area contributed by atoms with Crippen molar-refractivity contribution in [1.82, 2.24) is 19.8 Å². The summed E-state index contributed by atoms with van der Waals surface area (Å²) in [6, 6.07) is 4.58. The van der Waals surface area contributed by atoms with Crippen LogP contribution in [0.25, 0.3) is 0 Å². The Bertz CT molecular complexity index is 2220. The molecule has 0 aromatic carbocycles. The second kappa shape index (κ2) is 21.6. The molecule has 8 rings (SSSR count). The van der Waals surface area contributed by atoms with Crippen LogP contribution in [0.1, 0.15) is 171 Å². The summed E-state index contributed by atoms with van der Waals surface area (Å²) in [4.78, 5) is 43.1. The number of fused-ring (bicyclic) bond motifs is 2. The number of amides is 2. The number of nitrogens with zero attached hydrogens (tertiary/aromatic N) is 8. The number of anilines is 2. The lowest BCUT2D eigenvalue weighted by Gasteiger charge is -2.44. The van der Waals surface area contributed by atoms with Gasteiger partial charge in [-0.25, -0.2) is 9.97 Å². The zero-order chi connectivity index (χ0) is 49.9. The van der Waals surface area contributed by atoms with Gasteiger partial charge in [-0.3, -0.25) is 9.59 Å². The van der Waals surface area contributed by atoms with Crippen molar-refractivity contribution in [3.8, 4) is 12.1 Å². The number of alkyl halides is 3. The minimum Gasteiger partial charge on any atom is -0.385 e. The Morgan fingerprint density at radius 1 is 0.721 bits per heavy atom. The Morgan fingerprint density at radius 2 is 1.13 bits per heavy atom. The number of methoxy groups -OCH3 is 1. The maximum Gasteiger partial charge on any atom is 0.397 e. The molecule has 2 aromatic rings. The summed E-state index contributed by atoms with van der Waals surface area (Å²) in [6.07, 6.45) is 1.05. The Balaban J connectivity index is 0.000000216. The number of rotatable bonds is 11. The Hall–Kier alpha value is -4.51. The third-order valence-corrected chi connectivity index (χ3v) is 14.1. The van der Waals surface area contributed by atoms with E-state index in [1.807, 2.05) is 51.3 Å². The number of carbonyl (C=O) groups excluding carboxylic acids is 2. The molecule has 16 heteroatoms. The molecule has 68 heavy (non-hydrogen) atoms. The van der Waals surface area contributed by atoms with E-state index < -0.39 is 18.5 Å². The van der Waals surface area contributed by atoms with Gasteiger partial charge in [-0.1, -0.05) is 41.5 Å². The van der Waals surface area contributed by atoms with Gasteiger partial charge in [0.2, 0.25) is 11.8 Å². The first kappa shape index (κ1) is 52.9. The Morgan fingerprint density at radius 3 is 1.49 bits per heavy atom. The van der Waals surface area contributed by atoms with Crippen molar-refractivity contribution < 1.29 is 37.0 Å². The molecule has 6 aliphatic rings. The van der Waals surface area contributed by atoms with Crippen molar-refractivity contribution in [2.24, 2.45) is 11.8 Å². The van der Waals surface area contributed by atoms with Gasteiger partial charge >= 0.3 is 6.18 Å². The molecule has 2 saturated heterocycles. The second-order valence-electron chi connectivity index (χ2n) is 21.1. The predicted octanol–water partition coefficient (Wildman–Crippen LogP) is 9.12. The maximum absolute atomic E-state index is 12.9. The first-order valence-corrected chi connectivity index (χ1v) is 25.0. The largest absolute Gasteiger partial charge is 0.397 e. The van der Waals surface area contributed by atoms with E-state index in [1.165, 1.54) is 4.90 Å². The van der Waals surface area contributed by atoms with Gasteiger partial charge in [0.25, 0.3) is 0 Å². The third kappa shape index (κ3) is 12.3. The zero-order valence-electron chi connectivity index (χ0n) is 42.4. The van der Waals surface area contributed by atoms with Crippen molar-refractivity contribution in [3.63, 3.8) is 0 Å². The van der Waals surface area contributed by atoms with E-state index >= 15 is 0 Å². The maximum atomic E-state index is 12.9. The standard InChI is InChI=1S/C26H38N4O3.C24H31F3N4O2.C2H6/c1-17(2)22-15-29(10-11-30(22)23(31)7-6-12-32-5)25-20(14-27)19-13-26(3,4)33-16-21(19)24(28-25)18-8-9-18;1-14(2)19-12-30(7-8-31(19)20(32)10-24(25,26)27)22-17(11-28)16-9-23(3,4)33-13-18(16)21(29-22)15-5-6-15;1-2/h17-18,22H,6-13,15-16H2,1-5H3;14-15,19H,5-10,12-13H2,1-4H3;1-2H3/t22-;19-;/m00./s1. The fourth-order valence-corrected chi connectivity index (χ4v) is 10.2. The van der Waals surface area contributed by atoms with Gasteiger partial charge in [-0.15, -0.1) is 0 Å². The van der Waals surface area contributed by atoms with Crippen molar-refractivity contribution in [2.75, 3.05) is 62.8 Å². The first-order valence-electron chi connectivity index (χ1n) is 25.0. The topological polar surface area (TPSA) is 148 Å². The monoisotopic (exact) mass is 949 g/mol. The summed E-state index contributed by atoms with van der Waals surface area (Å²) in [5.41, 5.74) is 6.96. The molecule has 0 bridgehead atoms. The number of hydrogen-bond donors (Lipinski definition) is 0.